The second-order valence-corrected chi connectivity index (χ2v) is 12.9. The molecule has 0 aliphatic heterocycles. The highest BCUT2D eigenvalue weighted by Gasteiger charge is 2.19. The molecule has 0 aliphatic rings. The van der Waals surface area contributed by atoms with E-state index in [9.17, 15) is 0 Å². The van der Waals surface area contributed by atoms with Crippen molar-refractivity contribution in [1.29, 1.82) is 0 Å². The Bertz CT molecular complexity index is 2760. The van der Waals surface area contributed by atoms with Crippen molar-refractivity contribution in [1.82, 2.24) is 4.57 Å². The molecule has 0 amide bonds. The summed E-state index contributed by atoms with van der Waals surface area (Å²) < 4.78 is 8.63. The van der Waals surface area contributed by atoms with Crippen molar-refractivity contribution in [3.63, 3.8) is 0 Å². The highest BCUT2D eigenvalue weighted by molar-refractivity contribution is 6.12. The van der Waals surface area contributed by atoms with Crippen LogP contribution < -0.4 is 0 Å². The molecular weight excluding hydrogens is 607 g/mol. The lowest BCUT2D eigenvalue weighted by Gasteiger charge is -2.17. The fraction of sp³-hybridized carbons (Fsp3) is 0. The van der Waals surface area contributed by atoms with Crippen LogP contribution in [0.5, 0.6) is 0 Å². The standard InChI is InChI=1S/C48H31NO/c1-3-13-32(14-4-1)34-23-26-45-41(29-34)42-30-35(33-15-5-2-6-16-33)24-27-46(42)49(45)44-21-11-9-19-39(44)38-18-8-7-17-37(38)36-25-28-48-43(31-36)40-20-10-12-22-47(40)50-48/h1-31H. The fourth-order valence-corrected chi connectivity index (χ4v) is 7.66. The fourth-order valence-electron chi connectivity index (χ4n) is 7.66. The third-order valence-corrected chi connectivity index (χ3v) is 10.0. The van der Waals surface area contributed by atoms with Crippen LogP contribution >= 0.6 is 0 Å². The van der Waals surface area contributed by atoms with Crippen LogP contribution in [0.25, 0.3) is 93.9 Å². The van der Waals surface area contributed by atoms with Crippen molar-refractivity contribution in [2.24, 2.45) is 0 Å². The summed E-state index contributed by atoms with van der Waals surface area (Å²) in [6, 6.07) is 67.6. The molecule has 234 valence electrons. The van der Waals surface area contributed by atoms with Gasteiger partial charge in [-0.25, -0.2) is 0 Å². The van der Waals surface area contributed by atoms with Crippen molar-refractivity contribution in [2.45, 2.75) is 0 Å². The van der Waals surface area contributed by atoms with E-state index >= 15 is 0 Å². The van der Waals surface area contributed by atoms with Gasteiger partial charge in [-0.2, -0.15) is 0 Å². The van der Waals surface area contributed by atoms with Crippen molar-refractivity contribution in [2.75, 3.05) is 0 Å². The van der Waals surface area contributed by atoms with Crippen LogP contribution in [0.3, 0.4) is 0 Å². The van der Waals surface area contributed by atoms with Crippen LogP contribution in [0, 0.1) is 0 Å². The molecule has 0 unspecified atom stereocenters. The second-order valence-electron chi connectivity index (χ2n) is 12.9. The molecule has 0 saturated heterocycles. The highest BCUT2D eigenvalue weighted by Crippen LogP contribution is 2.42. The Hall–Kier alpha value is -6.64. The van der Waals surface area contributed by atoms with Gasteiger partial charge in [-0.05, 0) is 87.5 Å². The molecule has 0 radical (unpaired) electrons. The molecule has 2 aromatic heterocycles. The molecule has 0 atom stereocenters. The van der Waals surface area contributed by atoms with Crippen molar-refractivity contribution in [3.05, 3.63) is 188 Å². The first-order valence-electron chi connectivity index (χ1n) is 17.1. The zero-order valence-electron chi connectivity index (χ0n) is 27.3. The third kappa shape index (κ3) is 4.57. The minimum absolute atomic E-state index is 0.905. The van der Waals surface area contributed by atoms with E-state index in [0.717, 1.165) is 33.2 Å². The largest absolute Gasteiger partial charge is 0.456 e. The molecule has 10 aromatic rings. The number of para-hydroxylation sites is 2. The number of hydrogen-bond donors (Lipinski definition) is 0. The predicted molar refractivity (Wildman–Crippen MR) is 210 cm³/mol. The molecule has 0 N–H and O–H groups in total. The van der Waals surface area contributed by atoms with Gasteiger partial charge >= 0.3 is 0 Å². The summed E-state index contributed by atoms with van der Waals surface area (Å²) in [6.45, 7) is 0. The lowest BCUT2D eigenvalue weighted by Crippen LogP contribution is -1.98. The molecular formula is C48H31NO. The van der Waals surface area contributed by atoms with Crippen LogP contribution in [0.2, 0.25) is 0 Å². The first kappa shape index (κ1) is 28.4. The first-order valence-corrected chi connectivity index (χ1v) is 17.1. The van der Waals surface area contributed by atoms with Gasteiger partial charge in [0.2, 0.25) is 0 Å². The van der Waals surface area contributed by atoms with Crippen LogP contribution in [-0.4, -0.2) is 4.57 Å². The monoisotopic (exact) mass is 637 g/mol. The van der Waals surface area contributed by atoms with Gasteiger partial charge in [-0.1, -0.05) is 140 Å². The van der Waals surface area contributed by atoms with Gasteiger partial charge in [0.1, 0.15) is 11.2 Å². The lowest BCUT2D eigenvalue weighted by atomic mass is 9.92. The average molecular weight is 638 g/mol. The van der Waals surface area contributed by atoms with Crippen molar-refractivity contribution in [3.8, 4) is 50.2 Å². The van der Waals surface area contributed by atoms with E-state index in [2.05, 4.69) is 180 Å². The molecule has 50 heavy (non-hydrogen) atoms. The predicted octanol–water partition coefficient (Wildman–Crippen LogP) is 13.4. The Kier molecular flexibility index (Phi) is 6.53. The summed E-state index contributed by atoms with van der Waals surface area (Å²) >= 11 is 0. The minimum Gasteiger partial charge on any atom is -0.456 e. The number of fused-ring (bicyclic) bond motifs is 6. The summed E-state index contributed by atoms with van der Waals surface area (Å²) in [5.74, 6) is 0. The van der Waals surface area contributed by atoms with Crippen LogP contribution in [0.1, 0.15) is 0 Å². The van der Waals surface area contributed by atoms with Gasteiger partial charge < -0.3 is 8.98 Å². The summed E-state index contributed by atoms with van der Waals surface area (Å²) in [7, 11) is 0. The topological polar surface area (TPSA) is 18.1 Å². The average Bonchev–Trinajstić information content (AvgIpc) is 3.73. The maximum absolute atomic E-state index is 6.18. The first-order chi connectivity index (χ1) is 24.8. The van der Waals surface area contributed by atoms with Gasteiger partial charge in [-0.3, -0.25) is 0 Å². The van der Waals surface area contributed by atoms with Gasteiger partial charge in [0.25, 0.3) is 0 Å². The molecule has 2 heteroatoms. The molecule has 0 saturated carbocycles. The van der Waals surface area contributed by atoms with Crippen LogP contribution in [0.15, 0.2) is 192 Å². The molecule has 8 aromatic carbocycles. The van der Waals surface area contributed by atoms with Gasteiger partial charge in [0.05, 0.1) is 16.7 Å². The third-order valence-electron chi connectivity index (χ3n) is 10.0. The van der Waals surface area contributed by atoms with Gasteiger partial charge in [-0.15, -0.1) is 0 Å². The maximum Gasteiger partial charge on any atom is 0.135 e. The Morgan fingerprint density at radius 3 is 1.48 bits per heavy atom. The molecule has 10 rings (SSSR count). The van der Waals surface area contributed by atoms with E-state index in [1.54, 1.807) is 0 Å². The number of benzene rings is 8. The molecule has 0 bridgehead atoms. The Morgan fingerprint density at radius 1 is 0.300 bits per heavy atom. The maximum atomic E-state index is 6.18. The SMILES string of the molecule is c1ccc(-c2ccc3c(c2)c2cc(-c4ccccc4)ccc2n3-c2ccccc2-c2ccccc2-c2ccc3oc4ccccc4c3c2)cc1. The Labute approximate surface area is 290 Å². The van der Waals surface area contributed by atoms with Crippen molar-refractivity contribution < 1.29 is 4.42 Å². The summed E-state index contributed by atoms with van der Waals surface area (Å²) in [5, 5.41) is 4.74. The van der Waals surface area contributed by atoms with Crippen molar-refractivity contribution >= 4 is 43.7 Å². The number of aromatic nitrogens is 1. The second kappa shape index (κ2) is 11.5. The smallest absolute Gasteiger partial charge is 0.135 e. The van der Waals surface area contributed by atoms with E-state index < -0.39 is 0 Å². The van der Waals surface area contributed by atoms with E-state index in [-0.39, 0.29) is 0 Å². The van der Waals surface area contributed by atoms with Crippen LogP contribution in [-0.2, 0) is 0 Å². The van der Waals surface area contributed by atoms with E-state index in [1.807, 2.05) is 12.1 Å². The zero-order valence-corrected chi connectivity index (χ0v) is 27.3. The quantitative estimate of drug-likeness (QED) is 0.184. The Morgan fingerprint density at radius 2 is 0.800 bits per heavy atom. The summed E-state index contributed by atoms with van der Waals surface area (Å²) in [4.78, 5) is 0. The Balaban J connectivity index is 1.21. The van der Waals surface area contributed by atoms with E-state index in [0.29, 0.717) is 0 Å². The van der Waals surface area contributed by atoms with Gasteiger partial charge in [0.15, 0.2) is 0 Å². The molecule has 0 fully saturated rings. The summed E-state index contributed by atoms with van der Waals surface area (Å²) in [6.07, 6.45) is 0. The summed E-state index contributed by atoms with van der Waals surface area (Å²) in [5.41, 5.74) is 14.9. The molecule has 0 aliphatic carbocycles. The normalized spacial score (nSPS) is 11.6. The number of nitrogens with zero attached hydrogens (tertiary/aromatic N) is 1. The van der Waals surface area contributed by atoms with E-state index in [1.165, 1.54) is 60.8 Å². The highest BCUT2D eigenvalue weighted by atomic mass is 16.3. The molecule has 2 nitrogen and oxygen atoms in total. The zero-order chi connectivity index (χ0) is 33.0. The lowest BCUT2D eigenvalue weighted by molar-refractivity contribution is 0.669. The van der Waals surface area contributed by atoms with Gasteiger partial charge in [0, 0.05) is 27.1 Å². The number of furan rings is 1. The van der Waals surface area contributed by atoms with Crippen LogP contribution in [0.4, 0.5) is 0 Å². The minimum atomic E-state index is 0.905. The number of rotatable bonds is 5. The van der Waals surface area contributed by atoms with E-state index in [4.69, 9.17) is 4.42 Å². The molecule has 2 heterocycles. The number of hydrogen-bond acceptors (Lipinski definition) is 1. The molecule has 0 spiro atoms.